The number of hydrogen-bond acceptors (Lipinski definition) is 2. The van der Waals surface area contributed by atoms with Crippen molar-refractivity contribution in [3.05, 3.63) is 12.2 Å². The minimum atomic E-state index is -0.0727. The van der Waals surface area contributed by atoms with Gasteiger partial charge >= 0.3 is 0 Å². The van der Waals surface area contributed by atoms with Crippen molar-refractivity contribution in [3.8, 4) is 0 Å². The van der Waals surface area contributed by atoms with Crippen molar-refractivity contribution >= 4 is 5.78 Å². The molecule has 13 heavy (non-hydrogen) atoms. The molecule has 0 aromatic rings. The van der Waals surface area contributed by atoms with E-state index in [1.165, 1.54) is 0 Å². The van der Waals surface area contributed by atoms with Crippen molar-refractivity contribution in [3.63, 3.8) is 0 Å². The van der Waals surface area contributed by atoms with Gasteiger partial charge in [-0.05, 0) is 32.1 Å². The van der Waals surface area contributed by atoms with E-state index < -0.39 is 0 Å². The third-order valence-corrected chi connectivity index (χ3v) is 2.85. The second kappa shape index (κ2) is 4.05. The Bertz CT molecular complexity index is 220. The SMILES string of the molecule is O=C1CCC=CCCC2CCC1O2. The predicted molar refractivity (Wildman–Crippen MR) is 50.5 cm³/mol. The molecule has 0 aliphatic carbocycles. The van der Waals surface area contributed by atoms with Crippen LogP contribution < -0.4 is 0 Å². The first-order valence-electron chi connectivity index (χ1n) is 5.19. The molecule has 0 radical (unpaired) electrons. The van der Waals surface area contributed by atoms with Crippen molar-refractivity contribution in [2.75, 3.05) is 0 Å². The summed E-state index contributed by atoms with van der Waals surface area (Å²) in [5.41, 5.74) is 0. The smallest absolute Gasteiger partial charge is 0.161 e. The highest BCUT2D eigenvalue weighted by Crippen LogP contribution is 2.25. The normalized spacial score (nSPS) is 34.9. The molecule has 2 rings (SSSR count). The molecule has 0 aromatic carbocycles. The highest BCUT2D eigenvalue weighted by Gasteiger charge is 2.29. The highest BCUT2D eigenvalue weighted by atomic mass is 16.5. The summed E-state index contributed by atoms with van der Waals surface area (Å²) in [6, 6.07) is 0. The summed E-state index contributed by atoms with van der Waals surface area (Å²) >= 11 is 0. The zero-order valence-corrected chi connectivity index (χ0v) is 7.87. The Morgan fingerprint density at radius 2 is 2.00 bits per heavy atom. The summed E-state index contributed by atoms with van der Waals surface area (Å²) in [5.74, 6) is 0.300. The molecule has 2 aliphatic heterocycles. The third-order valence-electron chi connectivity index (χ3n) is 2.85. The van der Waals surface area contributed by atoms with E-state index in [-0.39, 0.29) is 6.10 Å². The Balaban J connectivity index is 2.01. The molecule has 2 aliphatic rings. The Hall–Kier alpha value is -0.630. The molecule has 1 saturated heterocycles. The number of rotatable bonds is 0. The molecular weight excluding hydrogens is 164 g/mol. The van der Waals surface area contributed by atoms with Gasteiger partial charge in [-0.25, -0.2) is 0 Å². The van der Waals surface area contributed by atoms with E-state index in [0.29, 0.717) is 18.3 Å². The lowest BCUT2D eigenvalue weighted by Crippen LogP contribution is -2.21. The number of ketones is 1. The van der Waals surface area contributed by atoms with E-state index in [1.54, 1.807) is 0 Å². The van der Waals surface area contributed by atoms with Crippen LogP contribution in [0.1, 0.15) is 38.5 Å². The molecule has 1 fully saturated rings. The van der Waals surface area contributed by atoms with Gasteiger partial charge in [0.2, 0.25) is 0 Å². The summed E-state index contributed by atoms with van der Waals surface area (Å²) in [5, 5.41) is 0. The van der Waals surface area contributed by atoms with Gasteiger partial charge in [0.05, 0.1) is 6.10 Å². The van der Waals surface area contributed by atoms with Crippen molar-refractivity contribution in [2.45, 2.75) is 50.7 Å². The largest absolute Gasteiger partial charge is 0.367 e. The fraction of sp³-hybridized carbons (Fsp3) is 0.727. The van der Waals surface area contributed by atoms with Crippen molar-refractivity contribution in [1.82, 2.24) is 0 Å². The Morgan fingerprint density at radius 3 is 2.92 bits per heavy atom. The number of fused-ring (bicyclic) bond motifs is 2. The molecule has 2 bridgehead atoms. The lowest BCUT2D eigenvalue weighted by molar-refractivity contribution is -0.129. The number of Topliss-reactive ketones (excluding diaryl/α,β-unsaturated/α-hetero) is 1. The van der Waals surface area contributed by atoms with Crippen molar-refractivity contribution in [2.24, 2.45) is 0 Å². The van der Waals surface area contributed by atoms with Crippen molar-refractivity contribution in [1.29, 1.82) is 0 Å². The summed E-state index contributed by atoms with van der Waals surface area (Å²) < 4.78 is 5.67. The second-order valence-electron chi connectivity index (χ2n) is 3.88. The van der Waals surface area contributed by atoms with Crippen LogP contribution in [-0.2, 0) is 9.53 Å². The van der Waals surface area contributed by atoms with Gasteiger partial charge in [-0.15, -0.1) is 0 Å². The minimum absolute atomic E-state index is 0.0727. The zero-order chi connectivity index (χ0) is 9.10. The first kappa shape index (κ1) is 8.95. The molecule has 2 atom stereocenters. The van der Waals surface area contributed by atoms with Gasteiger partial charge in [0.15, 0.2) is 5.78 Å². The molecule has 72 valence electrons. The van der Waals surface area contributed by atoms with Gasteiger partial charge in [0, 0.05) is 6.42 Å². The van der Waals surface area contributed by atoms with Crippen LogP contribution in [0.3, 0.4) is 0 Å². The molecule has 0 spiro atoms. The standard InChI is InChI=1S/C11H16O2/c12-10-6-4-2-1-3-5-9-7-8-11(10)13-9/h1-2,9,11H,3-8H2. The third kappa shape index (κ3) is 2.19. The van der Waals surface area contributed by atoms with E-state index in [9.17, 15) is 4.79 Å². The van der Waals surface area contributed by atoms with E-state index in [1.807, 2.05) is 0 Å². The van der Waals surface area contributed by atoms with Crippen LogP contribution in [0.2, 0.25) is 0 Å². The molecule has 2 nitrogen and oxygen atoms in total. The van der Waals surface area contributed by atoms with Gasteiger partial charge in [0.1, 0.15) is 6.10 Å². The maximum atomic E-state index is 11.5. The average Bonchev–Trinajstić information content (AvgIpc) is 2.58. The fourth-order valence-electron chi connectivity index (χ4n) is 2.06. The van der Waals surface area contributed by atoms with Gasteiger partial charge < -0.3 is 4.74 Å². The first-order chi connectivity index (χ1) is 6.36. The van der Waals surface area contributed by atoms with Crippen LogP contribution in [0.25, 0.3) is 0 Å². The molecular formula is C11H16O2. The Labute approximate surface area is 79.0 Å². The topological polar surface area (TPSA) is 26.3 Å². The van der Waals surface area contributed by atoms with E-state index in [4.69, 9.17) is 4.74 Å². The summed E-state index contributed by atoms with van der Waals surface area (Å²) in [7, 11) is 0. The number of carbonyl (C=O) groups is 1. The minimum Gasteiger partial charge on any atom is -0.367 e. The van der Waals surface area contributed by atoms with Crippen LogP contribution in [0.5, 0.6) is 0 Å². The maximum absolute atomic E-state index is 11.5. The zero-order valence-electron chi connectivity index (χ0n) is 7.87. The summed E-state index contributed by atoms with van der Waals surface area (Å²) in [4.78, 5) is 11.5. The van der Waals surface area contributed by atoms with Crippen LogP contribution in [-0.4, -0.2) is 18.0 Å². The van der Waals surface area contributed by atoms with Crippen LogP contribution >= 0.6 is 0 Å². The summed E-state index contributed by atoms with van der Waals surface area (Å²) in [6.45, 7) is 0. The van der Waals surface area contributed by atoms with E-state index in [0.717, 1.165) is 32.1 Å². The van der Waals surface area contributed by atoms with Gasteiger partial charge in [-0.2, -0.15) is 0 Å². The van der Waals surface area contributed by atoms with Gasteiger partial charge in [-0.3, -0.25) is 4.79 Å². The van der Waals surface area contributed by atoms with E-state index >= 15 is 0 Å². The predicted octanol–water partition coefficient (Wildman–Crippen LogP) is 2.23. The summed E-state index contributed by atoms with van der Waals surface area (Å²) in [6.07, 6.45) is 10.3. The van der Waals surface area contributed by atoms with Crippen molar-refractivity contribution < 1.29 is 9.53 Å². The Kier molecular flexibility index (Phi) is 2.79. The number of ether oxygens (including phenoxy) is 1. The average molecular weight is 180 g/mol. The monoisotopic (exact) mass is 180 g/mol. The number of carbonyl (C=O) groups excluding carboxylic acids is 1. The van der Waals surface area contributed by atoms with Gasteiger partial charge in [0.25, 0.3) is 0 Å². The molecule has 2 unspecified atom stereocenters. The molecule has 2 heteroatoms. The van der Waals surface area contributed by atoms with E-state index in [2.05, 4.69) is 12.2 Å². The molecule has 2 heterocycles. The first-order valence-corrected chi connectivity index (χ1v) is 5.19. The van der Waals surface area contributed by atoms with Gasteiger partial charge in [-0.1, -0.05) is 12.2 Å². The molecule has 0 N–H and O–H groups in total. The lowest BCUT2D eigenvalue weighted by Gasteiger charge is -2.12. The molecule has 0 aromatic heterocycles. The van der Waals surface area contributed by atoms with Crippen LogP contribution in [0.15, 0.2) is 12.2 Å². The molecule has 0 amide bonds. The number of hydrogen-bond donors (Lipinski definition) is 0. The fourth-order valence-corrected chi connectivity index (χ4v) is 2.06. The highest BCUT2D eigenvalue weighted by molar-refractivity contribution is 5.83. The maximum Gasteiger partial charge on any atom is 0.161 e. The number of allylic oxidation sites excluding steroid dienone is 2. The van der Waals surface area contributed by atoms with Crippen LogP contribution in [0, 0.1) is 0 Å². The quantitative estimate of drug-likeness (QED) is 0.534. The lowest BCUT2D eigenvalue weighted by atomic mass is 10.1. The second-order valence-corrected chi connectivity index (χ2v) is 3.88. The van der Waals surface area contributed by atoms with Crippen LogP contribution in [0.4, 0.5) is 0 Å². The Morgan fingerprint density at radius 1 is 1.15 bits per heavy atom. The molecule has 0 saturated carbocycles.